The lowest BCUT2D eigenvalue weighted by molar-refractivity contribution is -0.274. The van der Waals surface area contributed by atoms with E-state index in [0.29, 0.717) is 29.3 Å². The number of halogens is 3. The second-order valence-electron chi connectivity index (χ2n) is 8.58. The van der Waals surface area contributed by atoms with E-state index in [-0.39, 0.29) is 24.9 Å². The number of nitrogens with zero attached hydrogens (tertiary/aromatic N) is 2. The first kappa shape index (κ1) is 25.0. The van der Waals surface area contributed by atoms with Crippen LogP contribution in [0, 0.1) is 12.8 Å². The third-order valence-corrected chi connectivity index (χ3v) is 5.81. The van der Waals surface area contributed by atoms with Gasteiger partial charge in [-0.2, -0.15) is 4.98 Å². The summed E-state index contributed by atoms with van der Waals surface area (Å²) in [6, 6.07) is 6.55. The number of nitrogens with one attached hydrogen (secondary N) is 3. The number of alkyl halides is 3. The van der Waals surface area contributed by atoms with Crippen molar-refractivity contribution < 1.29 is 23.0 Å². The highest BCUT2D eigenvalue weighted by Gasteiger charge is 2.32. The highest BCUT2D eigenvalue weighted by atomic mass is 19.4. The van der Waals surface area contributed by atoms with Gasteiger partial charge in [-0.05, 0) is 51.5 Å². The van der Waals surface area contributed by atoms with Crippen LogP contribution < -0.4 is 20.7 Å². The van der Waals surface area contributed by atoms with Crippen LogP contribution in [0.3, 0.4) is 0 Å². The van der Waals surface area contributed by atoms with Gasteiger partial charge in [-0.25, -0.2) is 4.98 Å². The van der Waals surface area contributed by atoms with E-state index >= 15 is 0 Å². The van der Waals surface area contributed by atoms with Crippen LogP contribution in [-0.2, 0) is 6.54 Å². The first-order valence-corrected chi connectivity index (χ1v) is 11.3. The minimum Gasteiger partial charge on any atom is -0.405 e. The molecule has 7 nitrogen and oxygen atoms in total. The maximum atomic E-state index is 12.6. The van der Waals surface area contributed by atoms with Crippen LogP contribution >= 0.6 is 0 Å². The summed E-state index contributed by atoms with van der Waals surface area (Å²) < 4.78 is 42.0. The first-order valence-electron chi connectivity index (χ1n) is 11.3. The number of benzene rings is 1. The number of ether oxygens (including phenoxy) is 1. The van der Waals surface area contributed by atoms with Crippen LogP contribution in [0.1, 0.15) is 43.7 Å². The molecule has 182 valence electrons. The Morgan fingerprint density at radius 1 is 1.15 bits per heavy atom. The summed E-state index contributed by atoms with van der Waals surface area (Å²) >= 11 is 0. The molecule has 0 aliphatic heterocycles. The van der Waals surface area contributed by atoms with Gasteiger partial charge in [0.1, 0.15) is 11.6 Å². The molecule has 10 heteroatoms. The zero-order chi connectivity index (χ0) is 23.8. The smallest absolute Gasteiger partial charge is 0.405 e. The number of anilines is 2. The van der Waals surface area contributed by atoms with Gasteiger partial charge >= 0.3 is 6.36 Å². The third-order valence-electron chi connectivity index (χ3n) is 5.81. The molecule has 0 bridgehead atoms. The maximum absolute atomic E-state index is 12.6. The molecule has 1 aromatic heterocycles. The topological polar surface area (TPSA) is 91.3 Å². The number of rotatable bonds is 10. The lowest BCUT2D eigenvalue weighted by Gasteiger charge is -2.31. The van der Waals surface area contributed by atoms with Gasteiger partial charge in [-0.3, -0.25) is 0 Å². The van der Waals surface area contributed by atoms with Gasteiger partial charge in [0, 0.05) is 42.5 Å². The van der Waals surface area contributed by atoms with Crippen molar-refractivity contribution in [3.05, 3.63) is 41.6 Å². The van der Waals surface area contributed by atoms with E-state index in [9.17, 15) is 18.3 Å². The fraction of sp³-hybridized carbons (Fsp3) is 0.565. The minimum absolute atomic E-state index is 0.0953. The van der Waals surface area contributed by atoms with Crippen molar-refractivity contribution in [3.8, 4) is 5.75 Å². The molecule has 1 saturated carbocycles. The molecule has 1 aromatic carbocycles. The van der Waals surface area contributed by atoms with Crippen molar-refractivity contribution in [2.24, 2.45) is 5.92 Å². The predicted octanol–water partition coefficient (Wildman–Crippen LogP) is 4.24. The molecule has 1 heterocycles. The number of hydrogen-bond donors (Lipinski definition) is 4. The number of aliphatic hydroxyl groups is 1. The molecule has 33 heavy (non-hydrogen) atoms. The molecule has 2 aromatic rings. The fourth-order valence-corrected chi connectivity index (χ4v) is 3.98. The van der Waals surface area contributed by atoms with Gasteiger partial charge in [0.25, 0.3) is 0 Å². The summed E-state index contributed by atoms with van der Waals surface area (Å²) in [4.78, 5) is 8.75. The largest absolute Gasteiger partial charge is 0.573 e. The number of para-hydroxylation sites is 1. The molecule has 3 rings (SSSR count). The molecule has 1 aliphatic rings. The van der Waals surface area contributed by atoms with Crippen LogP contribution in [0.25, 0.3) is 0 Å². The Balaban J connectivity index is 1.52. The van der Waals surface area contributed by atoms with Gasteiger partial charge in [0.15, 0.2) is 0 Å². The fourth-order valence-electron chi connectivity index (χ4n) is 3.98. The quantitative estimate of drug-likeness (QED) is 0.416. The van der Waals surface area contributed by atoms with Gasteiger partial charge in [-0.1, -0.05) is 18.2 Å². The number of aromatic nitrogens is 2. The predicted molar refractivity (Wildman–Crippen MR) is 121 cm³/mol. The van der Waals surface area contributed by atoms with Crippen molar-refractivity contribution in [2.75, 3.05) is 23.8 Å². The van der Waals surface area contributed by atoms with Gasteiger partial charge in [0.05, 0.1) is 6.61 Å². The van der Waals surface area contributed by atoms with Crippen molar-refractivity contribution >= 4 is 11.8 Å². The standard InChI is InChI=1S/C23H32F3N5O2/c1-15-11-28-22(29-13-18-5-3-4-6-20(18)33-23(24,25)26)31-21(15)27-12-17-7-9-19(10-8-17)30-16(2)14-32/h3-6,11,16-17,19,30,32H,7-10,12-14H2,1-2H3,(H2,27,28,29,31)/t16-,17?,19?/m0/s1. The van der Waals surface area contributed by atoms with E-state index in [4.69, 9.17) is 0 Å². The molecule has 1 aliphatic carbocycles. The van der Waals surface area contributed by atoms with Crippen LogP contribution in [0.15, 0.2) is 30.5 Å². The summed E-state index contributed by atoms with van der Waals surface area (Å²) in [6.07, 6.45) is 1.27. The van der Waals surface area contributed by atoms with Gasteiger partial charge in [-0.15, -0.1) is 13.2 Å². The maximum Gasteiger partial charge on any atom is 0.573 e. The summed E-state index contributed by atoms with van der Waals surface area (Å²) in [7, 11) is 0. The molecule has 0 radical (unpaired) electrons. The average molecular weight is 468 g/mol. The Hall–Kier alpha value is -2.59. The Morgan fingerprint density at radius 3 is 2.58 bits per heavy atom. The molecule has 0 unspecified atom stereocenters. The van der Waals surface area contributed by atoms with E-state index in [1.807, 2.05) is 13.8 Å². The van der Waals surface area contributed by atoms with Crippen LogP contribution in [0.5, 0.6) is 5.75 Å². The second-order valence-corrected chi connectivity index (χ2v) is 8.58. The first-order chi connectivity index (χ1) is 15.7. The normalized spacial score (nSPS) is 19.7. The van der Waals surface area contributed by atoms with E-state index in [2.05, 4.69) is 30.7 Å². The Labute approximate surface area is 192 Å². The van der Waals surface area contributed by atoms with Gasteiger partial charge in [0.2, 0.25) is 5.95 Å². The number of aryl methyl sites for hydroxylation is 1. The minimum atomic E-state index is -4.75. The third kappa shape index (κ3) is 8.04. The lowest BCUT2D eigenvalue weighted by atomic mass is 9.85. The molecule has 1 fully saturated rings. The number of hydrogen-bond acceptors (Lipinski definition) is 7. The monoisotopic (exact) mass is 467 g/mol. The molecule has 0 saturated heterocycles. The molecular formula is C23H32F3N5O2. The zero-order valence-electron chi connectivity index (χ0n) is 19.0. The van der Waals surface area contributed by atoms with Crippen molar-refractivity contribution in [3.63, 3.8) is 0 Å². The zero-order valence-corrected chi connectivity index (χ0v) is 19.0. The van der Waals surface area contributed by atoms with E-state index in [1.165, 1.54) is 12.1 Å². The lowest BCUT2D eigenvalue weighted by Crippen LogP contribution is -2.41. The summed E-state index contributed by atoms with van der Waals surface area (Å²) in [5.74, 6) is 1.32. The van der Waals surface area contributed by atoms with Crippen molar-refractivity contribution in [2.45, 2.75) is 64.5 Å². The van der Waals surface area contributed by atoms with Crippen molar-refractivity contribution in [1.82, 2.24) is 15.3 Å². The Bertz CT molecular complexity index is 889. The molecule has 1 atom stereocenters. The van der Waals surface area contributed by atoms with E-state index in [0.717, 1.165) is 37.8 Å². The van der Waals surface area contributed by atoms with Crippen LogP contribution in [0.2, 0.25) is 0 Å². The molecule has 0 amide bonds. The summed E-state index contributed by atoms with van der Waals surface area (Å²) in [5, 5.41) is 19.0. The van der Waals surface area contributed by atoms with Crippen LogP contribution in [-0.4, -0.2) is 46.7 Å². The molecular weight excluding hydrogens is 435 g/mol. The van der Waals surface area contributed by atoms with E-state index in [1.54, 1.807) is 18.3 Å². The molecule has 0 spiro atoms. The van der Waals surface area contributed by atoms with Crippen molar-refractivity contribution in [1.29, 1.82) is 0 Å². The SMILES string of the molecule is Cc1cnc(NCc2ccccc2OC(F)(F)F)nc1NCC1CCC(N[C@@H](C)CO)CC1. The highest BCUT2D eigenvalue weighted by molar-refractivity contribution is 5.47. The highest BCUT2D eigenvalue weighted by Crippen LogP contribution is 2.27. The second kappa shape index (κ2) is 11.5. The Kier molecular flexibility index (Phi) is 8.74. The number of aliphatic hydroxyl groups excluding tert-OH is 1. The Morgan fingerprint density at radius 2 is 1.88 bits per heavy atom. The van der Waals surface area contributed by atoms with Gasteiger partial charge < -0.3 is 25.8 Å². The molecule has 4 N–H and O–H groups in total. The van der Waals surface area contributed by atoms with E-state index < -0.39 is 6.36 Å². The summed E-state index contributed by atoms with van der Waals surface area (Å²) in [5.41, 5.74) is 1.25. The van der Waals surface area contributed by atoms with Crippen LogP contribution in [0.4, 0.5) is 24.9 Å². The average Bonchev–Trinajstić information content (AvgIpc) is 2.78. The summed E-state index contributed by atoms with van der Waals surface area (Å²) in [6.45, 7) is 4.93.